The molecule has 0 saturated carbocycles. The number of halogens is 2. The van der Waals surface area contributed by atoms with Gasteiger partial charge in [0.25, 0.3) is 0 Å². The minimum absolute atomic E-state index is 0.0471. The van der Waals surface area contributed by atoms with Crippen LogP contribution in [0.2, 0.25) is 0 Å². The number of alkyl halides is 2. The van der Waals surface area contributed by atoms with Gasteiger partial charge in [0.05, 0.1) is 0 Å². The Labute approximate surface area is 71.2 Å². The predicted molar refractivity (Wildman–Crippen MR) is 44.1 cm³/mol. The molecule has 0 amide bonds. The van der Waals surface area contributed by atoms with E-state index in [-0.39, 0.29) is 9.82 Å². The Kier molecular flexibility index (Phi) is 2.26. The molecule has 1 rings (SSSR count). The zero-order valence-electron chi connectivity index (χ0n) is 4.56. The maximum absolute atomic E-state index is 10.8. The van der Waals surface area contributed by atoms with Crippen LogP contribution in [-0.2, 0) is 4.79 Å². The smallest absolute Gasteiger partial charge is 0.222 e. The maximum atomic E-state index is 10.8. The minimum atomic E-state index is -0.864. The third-order valence-electron chi connectivity index (χ3n) is 1.03. The first-order valence-electron chi connectivity index (χ1n) is 2.26. The van der Waals surface area contributed by atoms with Gasteiger partial charge in [0.2, 0.25) is 5.12 Å². The monoisotopic (exact) mass is 202 g/mol. The third kappa shape index (κ3) is 1.34. The number of carbonyl (C=O) groups is 1. The van der Waals surface area contributed by atoms with Crippen LogP contribution in [0.1, 0.15) is 6.92 Å². The molecule has 1 nitrogen and oxygen atoms in total. The van der Waals surface area contributed by atoms with Crippen molar-refractivity contribution in [3.05, 3.63) is 0 Å². The molecule has 0 aliphatic carbocycles. The highest BCUT2D eigenvalue weighted by atomic mass is 35.5. The molecule has 0 bridgehead atoms. The summed E-state index contributed by atoms with van der Waals surface area (Å²) in [6.07, 6.45) is 0. The van der Waals surface area contributed by atoms with Gasteiger partial charge in [-0.3, -0.25) is 4.79 Å². The Hall–Kier alpha value is 0.950. The summed E-state index contributed by atoms with van der Waals surface area (Å²) in [5.74, 6) is 0. The van der Waals surface area contributed by atoms with Gasteiger partial charge in [-0.2, -0.15) is 0 Å². The van der Waals surface area contributed by atoms with E-state index in [9.17, 15) is 4.79 Å². The SMILES string of the molecule is CC1(Cl)C(=O)SSC1Cl. The molecule has 1 saturated heterocycles. The Bertz CT molecular complexity index is 148. The minimum Gasteiger partial charge on any atom is -0.284 e. The van der Waals surface area contributed by atoms with Crippen LogP contribution in [0.15, 0.2) is 0 Å². The van der Waals surface area contributed by atoms with Crippen LogP contribution in [0.25, 0.3) is 0 Å². The molecule has 9 heavy (non-hydrogen) atoms. The second-order valence-electron chi connectivity index (χ2n) is 1.86. The number of carbonyl (C=O) groups excluding carboxylic acids is 1. The van der Waals surface area contributed by atoms with Crippen molar-refractivity contribution in [1.82, 2.24) is 0 Å². The van der Waals surface area contributed by atoms with Gasteiger partial charge in [-0.05, 0) is 17.7 Å². The molecule has 0 spiro atoms. The standard InChI is InChI=1S/C4H4Cl2OS2/c1-4(6)2(5)8-9-3(4)7/h2H,1H3. The first kappa shape index (κ1) is 8.05. The van der Waals surface area contributed by atoms with Crippen molar-refractivity contribution in [3.8, 4) is 0 Å². The lowest BCUT2D eigenvalue weighted by Gasteiger charge is -2.12. The average molecular weight is 203 g/mol. The van der Waals surface area contributed by atoms with Gasteiger partial charge in [0.15, 0.2) is 0 Å². The second-order valence-corrected chi connectivity index (χ2v) is 5.62. The van der Waals surface area contributed by atoms with Crippen LogP contribution in [-0.4, -0.2) is 14.7 Å². The average Bonchev–Trinajstić information content (AvgIpc) is 1.96. The summed E-state index contributed by atoms with van der Waals surface area (Å²) in [6.45, 7) is 1.64. The predicted octanol–water partition coefficient (Wildman–Crippen LogP) is 2.47. The van der Waals surface area contributed by atoms with Gasteiger partial charge in [-0.25, -0.2) is 0 Å². The van der Waals surface area contributed by atoms with Crippen LogP contribution in [0, 0.1) is 0 Å². The van der Waals surface area contributed by atoms with Crippen molar-refractivity contribution in [3.63, 3.8) is 0 Å². The molecule has 0 aromatic carbocycles. The molecule has 0 aromatic rings. The zero-order valence-corrected chi connectivity index (χ0v) is 7.70. The van der Waals surface area contributed by atoms with Crippen LogP contribution in [0.5, 0.6) is 0 Å². The molecule has 0 aromatic heterocycles. The highest BCUT2D eigenvalue weighted by Crippen LogP contribution is 2.50. The quantitative estimate of drug-likeness (QED) is 0.444. The van der Waals surface area contributed by atoms with Gasteiger partial charge in [-0.1, -0.05) is 10.8 Å². The number of hydrogen-bond donors (Lipinski definition) is 0. The summed E-state index contributed by atoms with van der Waals surface area (Å²) >= 11 is 11.4. The van der Waals surface area contributed by atoms with E-state index in [1.54, 1.807) is 6.92 Å². The molecule has 1 aliphatic rings. The fourth-order valence-electron chi connectivity index (χ4n) is 0.350. The lowest BCUT2D eigenvalue weighted by atomic mass is 10.2. The molecule has 5 heteroatoms. The first-order valence-corrected chi connectivity index (χ1v) is 5.28. The molecule has 1 aliphatic heterocycles. The summed E-state index contributed by atoms with van der Waals surface area (Å²) in [6, 6.07) is 0. The van der Waals surface area contributed by atoms with E-state index in [1.807, 2.05) is 0 Å². The Morgan fingerprint density at radius 1 is 1.78 bits per heavy atom. The summed E-state index contributed by atoms with van der Waals surface area (Å²) < 4.78 is -0.295. The van der Waals surface area contributed by atoms with Gasteiger partial charge in [-0.15, -0.1) is 23.2 Å². The molecule has 1 heterocycles. The van der Waals surface area contributed by atoms with E-state index in [0.29, 0.717) is 0 Å². The zero-order chi connectivity index (χ0) is 7.07. The topological polar surface area (TPSA) is 17.1 Å². The molecule has 52 valence electrons. The molecule has 2 atom stereocenters. The maximum Gasteiger partial charge on any atom is 0.222 e. The third-order valence-corrected chi connectivity index (χ3v) is 5.43. The van der Waals surface area contributed by atoms with Crippen LogP contribution in [0.4, 0.5) is 0 Å². The lowest BCUT2D eigenvalue weighted by molar-refractivity contribution is -0.112. The normalized spacial score (nSPS) is 43.9. The highest BCUT2D eigenvalue weighted by molar-refractivity contribution is 8.83. The number of hydrogen-bond acceptors (Lipinski definition) is 3. The summed E-state index contributed by atoms with van der Waals surface area (Å²) in [4.78, 5) is 9.97. The summed E-state index contributed by atoms with van der Waals surface area (Å²) in [7, 11) is 2.44. The molecule has 2 unspecified atom stereocenters. The van der Waals surface area contributed by atoms with Crippen molar-refractivity contribution < 1.29 is 4.79 Å². The number of rotatable bonds is 0. The molecule has 1 fully saturated rings. The largest absolute Gasteiger partial charge is 0.284 e. The van der Waals surface area contributed by atoms with E-state index < -0.39 is 4.87 Å². The van der Waals surface area contributed by atoms with E-state index in [1.165, 1.54) is 10.8 Å². The van der Waals surface area contributed by atoms with E-state index in [0.717, 1.165) is 10.8 Å². The van der Waals surface area contributed by atoms with Crippen molar-refractivity contribution in [2.45, 2.75) is 16.5 Å². The van der Waals surface area contributed by atoms with Gasteiger partial charge in [0.1, 0.15) is 9.58 Å². The fraction of sp³-hybridized carbons (Fsp3) is 0.750. The van der Waals surface area contributed by atoms with Crippen LogP contribution in [0.3, 0.4) is 0 Å². The molecule has 0 radical (unpaired) electrons. The van der Waals surface area contributed by atoms with Gasteiger partial charge < -0.3 is 0 Å². The highest BCUT2D eigenvalue weighted by Gasteiger charge is 2.45. The molecular weight excluding hydrogens is 199 g/mol. The van der Waals surface area contributed by atoms with Gasteiger partial charge >= 0.3 is 0 Å². The molecule has 0 N–H and O–H groups in total. The Morgan fingerprint density at radius 3 is 2.44 bits per heavy atom. The van der Waals surface area contributed by atoms with E-state index in [4.69, 9.17) is 23.2 Å². The van der Waals surface area contributed by atoms with Crippen molar-refractivity contribution in [2.75, 3.05) is 0 Å². The van der Waals surface area contributed by atoms with Crippen molar-refractivity contribution in [2.24, 2.45) is 0 Å². The summed E-state index contributed by atoms with van der Waals surface area (Å²) in [5, 5.41) is -0.0471. The lowest BCUT2D eigenvalue weighted by Crippen LogP contribution is -2.28. The van der Waals surface area contributed by atoms with E-state index in [2.05, 4.69) is 0 Å². The Morgan fingerprint density at radius 2 is 2.33 bits per heavy atom. The van der Waals surface area contributed by atoms with E-state index >= 15 is 0 Å². The van der Waals surface area contributed by atoms with Crippen molar-refractivity contribution >= 4 is 49.9 Å². The molecular formula is C4H4Cl2OS2. The van der Waals surface area contributed by atoms with Crippen molar-refractivity contribution in [1.29, 1.82) is 0 Å². The summed E-state index contributed by atoms with van der Waals surface area (Å²) in [5.41, 5.74) is 0. The first-order chi connectivity index (χ1) is 4.05. The second kappa shape index (κ2) is 2.53. The fourth-order valence-corrected chi connectivity index (χ4v) is 3.81. The van der Waals surface area contributed by atoms with Crippen LogP contribution >= 0.6 is 44.8 Å². The van der Waals surface area contributed by atoms with Gasteiger partial charge in [0, 0.05) is 0 Å². The van der Waals surface area contributed by atoms with Crippen LogP contribution < -0.4 is 0 Å². The Balaban J connectivity index is 2.78.